The summed E-state index contributed by atoms with van der Waals surface area (Å²) < 4.78 is 1.32. The van der Waals surface area contributed by atoms with Crippen LogP contribution in [0.15, 0.2) is 24.3 Å². The van der Waals surface area contributed by atoms with Crippen molar-refractivity contribution in [2.75, 3.05) is 0 Å². The van der Waals surface area contributed by atoms with Gasteiger partial charge in [0.15, 0.2) is 0 Å². The maximum Gasteiger partial charge on any atom is 0.0938 e. The second kappa shape index (κ2) is 6.09. The molecule has 114 valence electrons. The van der Waals surface area contributed by atoms with Gasteiger partial charge in [0.2, 0.25) is 0 Å². The lowest BCUT2D eigenvalue weighted by Crippen LogP contribution is -2.13. The molecule has 0 radical (unpaired) electrons. The van der Waals surface area contributed by atoms with Crippen LogP contribution in [-0.4, -0.2) is 9.97 Å². The molecule has 2 heterocycles. The lowest BCUT2D eigenvalue weighted by Gasteiger charge is -2.20. The standard InChI is InChI=1S/C18H20N2S2/c1-2-17-19-14-9-7-12(11-16(14)22-17)8-10-18-20-13-5-3-4-6-15(13)21-18/h3-6,12H,2,7-11H2,1H3. The first-order chi connectivity index (χ1) is 10.8. The summed E-state index contributed by atoms with van der Waals surface area (Å²) in [7, 11) is 0. The molecule has 4 heteroatoms. The van der Waals surface area contributed by atoms with Crippen molar-refractivity contribution in [1.29, 1.82) is 0 Å². The van der Waals surface area contributed by atoms with E-state index in [4.69, 9.17) is 9.97 Å². The minimum atomic E-state index is 0.810. The van der Waals surface area contributed by atoms with Gasteiger partial charge >= 0.3 is 0 Å². The van der Waals surface area contributed by atoms with E-state index >= 15 is 0 Å². The zero-order valence-electron chi connectivity index (χ0n) is 12.8. The topological polar surface area (TPSA) is 25.8 Å². The van der Waals surface area contributed by atoms with Gasteiger partial charge in [-0.3, -0.25) is 0 Å². The molecule has 4 rings (SSSR count). The molecule has 0 bridgehead atoms. The highest BCUT2D eigenvalue weighted by Gasteiger charge is 2.22. The molecule has 1 aromatic carbocycles. The maximum absolute atomic E-state index is 4.77. The van der Waals surface area contributed by atoms with Crippen LogP contribution >= 0.6 is 22.7 Å². The van der Waals surface area contributed by atoms with Gasteiger partial charge in [0.1, 0.15) is 0 Å². The third-order valence-corrected chi connectivity index (χ3v) is 6.85. The summed E-state index contributed by atoms with van der Waals surface area (Å²) in [6, 6.07) is 8.46. The van der Waals surface area contributed by atoms with Gasteiger partial charge in [-0.2, -0.15) is 0 Å². The van der Waals surface area contributed by atoms with Crippen LogP contribution in [-0.2, 0) is 25.7 Å². The van der Waals surface area contributed by atoms with Crippen LogP contribution in [0, 0.1) is 5.92 Å². The number of aryl methyl sites for hydroxylation is 3. The number of hydrogen-bond donors (Lipinski definition) is 0. The second-order valence-corrected chi connectivity index (χ2v) is 8.34. The lowest BCUT2D eigenvalue weighted by atomic mass is 9.88. The molecule has 0 fully saturated rings. The second-order valence-electron chi connectivity index (χ2n) is 6.05. The van der Waals surface area contributed by atoms with Crippen molar-refractivity contribution in [3.63, 3.8) is 0 Å². The molecule has 0 N–H and O–H groups in total. The Hall–Kier alpha value is -1.26. The van der Waals surface area contributed by atoms with E-state index in [0.717, 1.165) is 24.3 Å². The first-order valence-electron chi connectivity index (χ1n) is 8.13. The molecule has 0 saturated heterocycles. The zero-order chi connectivity index (χ0) is 14.9. The third-order valence-electron chi connectivity index (χ3n) is 4.49. The smallest absolute Gasteiger partial charge is 0.0938 e. The van der Waals surface area contributed by atoms with Gasteiger partial charge < -0.3 is 0 Å². The molecular weight excluding hydrogens is 308 g/mol. The van der Waals surface area contributed by atoms with E-state index in [2.05, 4.69) is 31.2 Å². The average molecular weight is 329 g/mol. The summed E-state index contributed by atoms with van der Waals surface area (Å²) in [6.07, 6.45) is 7.17. The Morgan fingerprint density at radius 3 is 2.91 bits per heavy atom. The van der Waals surface area contributed by atoms with E-state index in [-0.39, 0.29) is 0 Å². The number of nitrogens with zero attached hydrogens (tertiary/aromatic N) is 2. The molecule has 1 unspecified atom stereocenters. The fourth-order valence-corrected chi connectivity index (χ4v) is 5.40. The van der Waals surface area contributed by atoms with Crippen LogP contribution in [0.5, 0.6) is 0 Å². The summed E-state index contributed by atoms with van der Waals surface area (Å²) >= 11 is 3.80. The highest BCUT2D eigenvalue weighted by Crippen LogP contribution is 2.33. The molecule has 0 amide bonds. The van der Waals surface area contributed by atoms with Gasteiger partial charge in [0, 0.05) is 4.88 Å². The van der Waals surface area contributed by atoms with E-state index in [9.17, 15) is 0 Å². The normalized spacial score (nSPS) is 17.8. The van der Waals surface area contributed by atoms with E-state index < -0.39 is 0 Å². The molecule has 1 atom stereocenters. The Morgan fingerprint density at radius 1 is 1.14 bits per heavy atom. The van der Waals surface area contributed by atoms with Crippen LogP contribution in [0.25, 0.3) is 10.2 Å². The Labute approximate surface area is 139 Å². The molecule has 1 aliphatic rings. The monoisotopic (exact) mass is 328 g/mol. The molecule has 0 spiro atoms. The maximum atomic E-state index is 4.77. The van der Waals surface area contributed by atoms with E-state index in [1.54, 1.807) is 4.88 Å². The van der Waals surface area contributed by atoms with Crippen LogP contribution in [0.3, 0.4) is 0 Å². The Bertz CT molecular complexity index is 754. The van der Waals surface area contributed by atoms with Crippen molar-refractivity contribution in [1.82, 2.24) is 9.97 Å². The Kier molecular flexibility index (Phi) is 3.97. The van der Waals surface area contributed by atoms with Gasteiger partial charge in [-0.15, -0.1) is 22.7 Å². The first kappa shape index (κ1) is 14.3. The summed E-state index contributed by atoms with van der Waals surface area (Å²) in [5.41, 5.74) is 2.54. The van der Waals surface area contributed by atoms with Gasteiger partial charge in [-0.05, 0) is 56.6 Å². The van der Waals surface area contributed by atoms with Crippen LogP contribution < -0.4 is 0 Å². The summed E-state index contributed by atoms with van der Waals surface area (Å²) in [5, 5.41) is 2.61. The van der Waals surface area contributed by atoms with Gasteiger partial charge in [0.25, 0.3) is 0 Å². The molecular formula is C18H20N2S2. The summed E-state index contributed by atoms with van der Waals surface area (Å²) in [6.45, 7) is 2.20. The van der Waals surface area contributed by atoms with Crippen LogP contribution in [0.2, 0.25) is 0 Å². The van der Waals surface area contributed by atoms with Crippen molar-refractivity contribution in [3.05, 3.63) is 44.9 Å². The molecule has 2 nitrogen and oxygen atoms in total. The van der Waals surface area contributed by atoms with Gasteiger partial charge in [0.05, 0.1) is 25.9 Å². The highest BCUT2D eigenvalue weighted by atomic mass is 32.1. The lowest BCUT2D eigenvalue weighted by molar-refractivity contribution is 0.428. The van der Waals surface area contributed by atoms with Crippen molar-refractivity contribution in [2.45, 2.75) is 45.4 Å². The largest absolute Gasteiger partial charge is 0.246 e. The number of thiazole rings is 2. The number of fused-ring (bicyclic) bond motifs is 2. The quantitative estimate of drug-likeness (QED) is 0.669. The molecule has 3 aromatic rings. The number of aromatic nitrogens is 2. The minimum Gasteiger partial charge on any atom is -0.246 e. The molecule has 0 aliphatic heterocycles. The van der Waals surface area contributed by atoms with Crippen molar-refractivity contribution >= 4 is 32.9 Å². The van der Waals surface area contributed by atoms with Crippen LogP contribution in [0.4, 0.5) is 0 Å². The van der Waals surface area contributed by atoms with E-state index in [1.807, 2.05) is 22.7 Å². The summed E-state index contributed by atoms with van der Waals surface area (Å²) in [4.78, 5) is 11.1. The highest BCUT2D eigenvalue weighted by molar-refractivity contribution is 7.18. The Morgan fingerprint density at radius 2 is 2.05 bits per heavy atom. The zero-order valence-corrected chi connectivity index (χ0v) is 14.5. The van der Waals surface area contributed by atoms with Gasteiger partial charge in [-0.1, -0.05) is 19.1 Å². The van der Waals surface area contributed by atoms with Crippen molar-refractivity contribution in [2.24, 2.45) is 5.92 Å². The molecule has 22 heavy (non-hydrogen) atoms. The first-order valence-corrected chi connectivity index (χ1v) is 9.77. The number of benzene rings is 1. The van der Waals surface area contributed by atoms with Crippen molar-refractivity contribution in [3.8, 4) is 0 Å². The fourth-order valence-electron chi connectivity index (χ4n) is 3.25. The van der Waals surface area contributed by atoms with Crippen molar-refractivity contribution < 1.29 is 0 Å². The number of hydrogen-bond acceptors (Lipinski definition) is 4. The SMILES string of the molecule is CCc1nc2c(s1)CC(CCc1nc3ccccc3s1)CC2. The fraction of sp³-hybridized carbons (Fsp3) is 0.444. The van der Waals surface area contributed by atoms with E-state index in [1.165, 1.54) is 46.1 Å². The van der Waals surface area contributed by atoms with Crippen LogP contribution in [0.1, 0.15) is 40.4 Å². The van der Waals surface area contributed by atoms with E-state index in [0.29, 0.717) is 0 Å². The number of para-hydroxylation sites is 1. The average Bonchev–Trinajstić information content (AvgIpc) is 3.15. The minimum absolute atomic E-state index is 0.810. The molecule has 2 aromatic heterocycles. The molecule has 0 saturated carbocycles. The summed E-state index contributed by atoms with van der Waals surface area (Å²) in [5.74, 6) is 0.810. The predicted octanol–water partition coefficient (Wildman–Crippen LogP) is 5.05. The van der Waals surface area contributed by atoms with Gasteiger partial charge in [-0.25, -0.2) is 9.97 Å². The predicted molar refractivity (Wildman–Crippen MR) is 94.9 cm³/mol. The Balaban J connectivity index is 1.42. The molecule has 1 aliphatic carbocycles. The number of rotatable bonds is 4. The third kappa shape index (κ3) is 2.82.